The summed E-state index contributed by atoms with van der Waals surface area (Å²) in [5.41, 5.74) is 10.4. The quantitative estimate of drug-likeness (QED) is 0.327. The second-order valence-electron chi connectivity index (χ2n) is 9.70. The minimum Gasteiger partial charge on any atom is -0.380 e. The van der Waals surface area contributed by atoms with Crippen molar-refractivity contribution in [2.75, 3.05) is 38.2 Å². The van der Waals surface area contributed by atoms with E-state index in [0.29, 0.717) is 29.9 Å². The summed E-state index contributed by atoms with van der Waals surface area (Å²) in [7, 11) is 1.74. The van der Waals surface area contributed by atoms with Crippen LogP contribution in [-0.4, -0.2) is 75.8 Å². The molecule has 0 spiro atoms. The van der Waals surface area contributed by atoms with Gasteiger partial charge >= 0.3 is 0 Å². The van der Waals surface area contributed by atoms with Gasteiger partial charge in [-0.05, 0) is 56.4 Å². The Labute approximate surface area is 227 Å². The third kappa shape index (κ3) is 5.03. The molecular formula is C28H35N7O2S. The minimum atomic E-state index is -0.456. The summed E-state index contributed by atoms with van der Waals surface area (Å²) in [5.74, 6) is 0.339. The number of nitrogens with two attached hydrogens (primary N) is 1. The normalized spacial score (nSPS) is 16.6. The SMILES string of the molecule is CCN(CC)[C@@H](C)Cc1c(C(N)=O)cc(-c2cnn3ccc(-c4cccs4)nc23)nc1N1CC[C@H](OC)C1. The zero-order valence-electron chi connectivity index (χ0n) is 22.4. The van der Waals surface area contributed by atoms with Crippen LogP contribution in [0.1, 0.15) is 43.1 Å². The number of aromatic nitrogens is 4. The molecule has 1 fully saturated rings. The summed E-state index contributed by atoms with van der Waals surface area (Å²) in [6.07, 6.45) is 5.36. The van der Waals surface area contributed by atoms with Crippen LogP contribution >= 0.6 is 11.3 Å². The summed E-state index contributed by atoms with van der Waals surface area (Å²) in [6, 6.07) is 8.05. The van der Waals surface area contributed by atoms with E-state index in [9.17, 15) is 4.79 Å². The molecule has 1 aliphatic rings. The lowest BCUT2D eigenvalue weighted by Gasteiger charge is -2.29. The van der Waals surface area contributed by atoms with Crippen LogP contribution in [0.5, 0.6) is 0 Å². The molecule has 1 saturated heterocycles. The number of thiophene rings is 1. The zero-order chi connectivity index (χ0) is 26.8. The Morgan fingerprint density at radius 2 is 2.08 bits per heavy atom. The Morgan fingerprint density at radius 3 is 2.74 bits per heavy atom. The first-order chi connectivity index (χ1) is 18.4. The van der Waals surface area contributed by atoms with Crippen molar-refractivity contribution in [3.05, 3.63) is 53.2 Å². The maximum Gasteiger partial charge on any atom is 0.249 e. The number of likely N-dealkylation sites (N-methyl/N-ethyl adjacent to an activating group) is 1. The number of fused-ring (bicyclic) bond motifs is 1. The Balaban J connectivity index is 1.65. The maximum atomic E-state index is 12.9. The van der Waals surface area contributed by atoms with E-state index < -0.39 is 5.91 Å². The molecule has 4 aromatic rings. The van der Waals surface area contributed by atoms with E-state index in [0.717, 1.165) is 53.6 Å². The van der Waals surface area contributed by atoms with E-state index in [1.807, 2.05) is 35.8 Å². The summed E-state index contributed by atoms with van der Waals surface area (Å²) in [6.45, 7) is 9.88. The van der Waals surface area contributed by atoms with Crippen LogP contribution in [0, 0.1) is 0 Å². The molecule has 200 valence electrons. The highest BCUT2D eigenvalue weighted by Crippen LogP contribution is 2.34. The van der Waals surface area contributed by atoms with Gasteiger partial charge in [0.15, 0.2) is 5.65 Å². The van der Waals surface area contributed by atoms with Gasteiger partial charge in [-0.25, -0.2) is 14.5 Å². The van der Waals surface area contributed by atoms with Gasteiger partial charge in [0.25, 0.3) is 0 Å². The number of carbonyl (C=O) groups is 1. The fourth-order valence-corrected chi connectivity index (χ4v) is 6.07. The standard InChI is InChI=1S/C28H35N7O2S/c1-5-33(6-2)18(3)14-21-20(26(29)36)15-24(32-27(21)34-11-9-19(17-34)37-4)22-16-30-35-12-10-23(31-28(22)35)25-8-7-13-38-25/h7-8,10,12-13,15-16,18-19H,5-6,9,11,14,17H2,1-4H3,(H2,29,36)/t18-,19-/m0/s1. The van der Waals surface area contributed by atoms with Crippen molar-refractivity contribution >= 4 is 28.7 Å². The molecule has 1 amide bonds. The number of ether oxygens (including phenoxy) is 1. The van der Waals surface area contributed by atoms with E-state index in [1.165, 1.54) is 0 Å². The number of methoxy groups -OCH3 is 1. The third-order valence-electron chi connectivity index (χ3n) is 7.50. The van der Waals surface area contributed by atoms with Gasteiger partial charge in [-0.15, -0.1) is 11.3 Å². The molecule has 5 rings (SSSR count). The molecule has 9 nitrogen and oxygen atoms in total. The topological polar surface area (TPSA) is 102 Å². The smallest absolute Gasteiger partial charge is 0.249 e. The molecule has 0 saturated carbocycles. The lowest BCUT2D eigenvalue weighted by Crippen LogP contribution is -2.36. The summed E-state index contributed by atoms with van der Waals surface area (Å²) in [4.78, 5) is 28.7. The number of anilines is 1. The molecule has 10 heteroatoms. The third-order valence-corrected chi connectivity index (χ3v) is 8.39. The second kappa shape index (κ2) is 11.2. The average Bonchev–Trinajstić information content (AvgIpc) is 3.70. The predicted octanol–water partition coefficient (Wildman–Crippen LogP) is 4.12. The molecule has 2 atom stereocenters. The highest BCUT2D eigenvalue weighted by atomic mass is 32.1. The molecule has 0 aromatic carbocycles. The van der Waals surface area contributed by atoms with Gasteiger partial charge in [0, 0.05) is 43.6 Å². The van der Waals surface area contributed by atoms with Crippen molar-refractivity contribution < 1.29 is 9.53 Å². The van der Waals surface area contributed by atoms with E-state index >= 15 is 0 Å². The fraction of sp³-hybridized carbons (Fsp3) is 0.429. The minimum absolute atomic E-state index is 0.123. The van der Waals surface area contributed by atoms with Crippen molar-refractivity contribution in [3.8, 4) is 21.8 Å². The first kappa shape index (κ1) is 26.3. The number of primary amides is 1. The Bertz CT molecular complexity index is 1410. The number of pyridine rings is 1. The number of hydrogen-bond donors (Lipinski definition) is 1. The van der Waals surface area contributed by atoms with Crippen molar-refractivity contribution in [3.63, 3.8) is 0 Å². The maximum absolute atomic E-state index is 12.9. The van der Waals surface area contributed by atoms with Crippen molar-refractivity contribution in [2.45, 2.75) is 45.8 Å². The lowest BCUT2D eigenvalue weighted by atomic mass is 9.98. The molecule has 0 aliphatic carbocycles. The average molecular weight is 534 g/mol. The van der Waals surface area contributed by atoms with Gasteiger partial charge in [-0.2, -0.15) is 5.10 Å². The molecule has 38 heavy (non-hydrogen) atoms. The molecule has 0 unspecified atom stereocenters. The Morgan fingerprint density at radius 1 is 1.26 bits per heavy atom. The van der Waals surface area contributed by atoms with E-state index in [2.05, 4.69) is 35.7 Å². The summed E-state index contributed by atoms with van der Waals surface area (Å²) >= 11 is 1.64. The summed E-state index contributed by atoms with van der Waals surface area (Å²) in [5, 5.41) is 6.56. The van der Waals surface area contributed by atoms with Crippen LogP contribution < -0.4 is 10.6 Å². The van der Waals surface area contributed by atoms with Crippen LogP contribution in [0.15, 0.2) is 42.0 Å². The van der Waals surface area contributed by atoms with Crippen molar-refractivity contribution in [2.24, 2.45) is 5.73 Å². The Hall–Kier alpha value is -3.34. The second-order valence-corrected chi connectivity index (χ2v) is 10.7. The molecule has 1 aliphatic heterocycles. The molecule has 0 bridgehead atoms. The number of nitrogens with zero attached hydrogens (tertiary/aromatic N) is 6. The van der Waals surface area contributed by atoms with Crippen LogP contribution in [0.4, 0.5) is 5.82 Å². The van der Waals surface area contributed by atoms with E-state index in [1.54, 1.807) is 29.2 Å². The monoisotopic (exact) mass is 533 g/mol. The largest absolute Gasteiger partial charge is 0.380 e. The van der Waals surface area contributed by atoms with Gasteiger partial charge in [0.2, 0.25) is 5.91 Å². The van der Waals surface area contributed by atoms with Gasteiger partial charge in [-0.3, -0.25) is 4.79 Å². The highest BCUT2D eigenvalue weighted by Gasteiger charge is 2.29. The highest BCUT2D eigenvalue weighted by molar-refractivity contribution is 7.13. The molecule has 2 N–H and O–H groups in total. The van der Waals surface area contributed by atoms with E-state index in [-0.39, 0.29) is 12.1 Å². The van der Waals surface area contributed by atoms with Crippen LogP contribution in [0.25, 0.3) is 27.5 Å². The van der Waals surface area contributed by atoms with Gasteiger partial charge in [0.05, 0.1) is 34.1 Å². The predicted molar refractivity (Wildman–Crippen MR) is 152 cm³/mol. The van der Waals surface area contributed by atoms with Crippen molar-refractivity contribution in [1.29, 1.82) is 0 Å². The number of rotatable bonds is 10. The van der Waals surface area contributed by atoms with Gasteiger partial charge in [0.1, 0.15) is 5.82 Å². The first-order valence-corrected chi connectivity index (χ1v) is 14.1. The van der Waals surface area contributed by atoms with Crippen LogP contribution in [0.2, 0.25) is 0 Å². The Kier molecular flexibility index (Phi) is 7.73. The number of hydrogen-bond acceptors (Lipinski definition) is 8. The fourth-order valence-electron chi connectivity index (χ4n) is 5.37. The van der Waals surface area contributed by atoms with Crippen LogP contribution in [0.3, 0.4) is 0 Å². The number of amides is 1. The number of carbonyl (C=O) groups excluding carboxylic acids is 1. The molecule has 5 heterocycles. The van der Waals surface area contributed by atoms with Gasteiger partial charge < -0.3 is 20.3 Å². The lowest BCUT2D eigenvalue weighted by molar-refractivity contribution is 0.0999. The van der Waals surface area contributed by atoms with Gasteiger partial charge in [-0.1, -0.05) is 19.9 Å². The zero-order valence-corrected chi connectivity index (χ0v) is 23.2. The van der Waals surface area contributed by atoms with Crippen LogP contribution in [-0.2, 0) is 11.2 Å². The molecular weight excluding hydrogens is 498 g/mol. The van der Waals surface area contributed by atoms with E-state index in [4.69, 9.17) is 20.4 Å². The molecule has 0 radical (unpaired) electrons. The molecule has 4 aromatic heterocycles. The summed E-state index contributed by atoms with van der Waals surface area (Å²) < 4.78 is 7.39. The first-order valence-electron chi connectivity index (χ1n) is 13.2. The van der Waals surface area contributed by atoms with Crippen molar-refractivity contribution in [1.82, 2.24) is 24.5 Å².